The van der Waals surface area contributed by atoms with Gasteiger partial charge in [0.2, 0.25) is 5.91 Å². The van der Waals surface area contributed by atoms with E-state index in [1.165, 1.54) is 25.3 Å². The lowest BCUT2D eigenvalue weighted by Crippen LogP contribution is -2.45. The van der Waals surface area contributed by atoms with Crippen molar-refractivity contribution in [2.45, 2.75) is 50.6 Å². The fraction of sp³-hybridized carbons (Fsp3) is 0.190. The molecular weight excluding hydrogens is 640 g/mol. The van der Waals surface area contributed by atoms with Crippen molar-refractivity contribution in [3.05, 3.63) is 138 Å². The van der Waals surface area contributed by atoms with Crippen LogP contribution in [-0.4, -0.2) is 38.5 Å². The molecule has 9 heteroatoms. The van der Waals surface area contributed by atoms with E-state index in [0.29, 0.717) is 28.4 Å². The molecule has 1 aliphatic carbocycles. The zero-order valence-corrected chi connectivity index (χ0v) is 28.0. The summed E-state index contributed by atoms with van der Waals surface area (Å²) in [5, 5.41) is 14.8. The first kappa shape index (κ1) is 33.3. The first-order chi connectivity index (χ1) is 24.9. The van der Waals surface area contributed by atoms with Crippen LogP contribution < -0.4 is 10.6 Å². The molecule has 0 saturated heterocycles. The number of rotatable bonds is 11. The number of hydrogen-bond acceptors (Lipinski definition) is 5. The van der Waals surface area contributed by atoms with Crippen LogP contribution in [0, 0.1) is 0 Å². The Balaban J connectivity index is 1.15. The Bertz CT molecular complexity index is 2160. The monoisotopic (exact) mass is 678 g/mol. The molecule has 2 heterocycles. The number of carbonyl (C=O) groups is 3. The molecule has 0 unspecified atom stereocenters. The van der Waals surface area contributed by atoms with Gasteiger partial charge in [-0.25, -0.2) is 9.78 Å². The highest BCUT2D eigenvalue weighted by Crippen LogP contribution is 2.36. The van der Waals surface area contributed by atoms with E-state index in [9.17, 15) is 14.4 Å². The molecule has 1 aliphatic rings. The van der Waals surface area contributed by atoms with Crippen molar-refractivity contribution in [2.24, 2.45) is 0 Å². The lowest BCUT2D eigenvalue weighted by molar-refractivity contribution is -0.131. The van der Waals surface area contributed by atoms with E-state index in [1.54, 1.807) is 48.9 Å². The lowest BCUT2D eigenvalue weighted by atomic mass is 9.95. The van der Waals surface area contributed by atoms with Crippen LogP contribution >= 0.6 is 0 Å². The highest BCUT2D eigenvalue weighted by atomic mass is 16.4. The van der Waals surface area contributed by atoms with Gasteiger partial charge in [-0.15, -0.1) is 0 Å². The molecule has 256 valence electrons. The summed E-state index contributed by atoms with van der Waals surface area (Å²) in [5.74, 6) is -0.986. The summed E-state index contributed by atoms with van der Waals surface area (Å²) in [4.78, 5) is 43.6. The van der Waals surface area contributed by atoms with E-state index in [2.05, 4.69) is 15.2 Å². The van der Waals surface area contributed by atoms with Crippen LogP contribution in [0.25, 0.3) is 39.6 Å². The number of carbonyl (C=O) groups excluding carboxylic acids is 2. The molecule has 0 radical (unpaired) electrons. The van der Waals surface area contributed by atoms with Gasteiger partial charge in [-0.1, -0.05) is 86.0 Å². The Morgan fingerprint density at radius 2 is 1.61 bits per heavy atom. The van der Waals surface area contributed by atoms with E-state index in [-0.39, 0.29) is 18.2 Å². The summed E-state index contributed by atoms with van der Waals surface area (Å²) >= 11 is 0. The summed E-state index contributed by atoms with van der Waals surface area (Å²) in [6.45, 7) is 0. The summed E-state index contributed by atoms with van der Waals surface area (Å²) in [5.41, 5.74) is 7.19. The van der Waals surface area contributed by atoms with Crippen molar-refractivity contribution >= 4 is 40.6 Å². The number of aliphatic carboxylic acids is 1. The van der Waals surface area contributed by atoms with Gasteiger partial charge in [-0.2, -0.15) is 0 Å². The Morgan fingerprint density at radius 3 is 2.31 bits per heavy atom. The van der Waals surface area contributed by atoms with E-state index < -0.39 is 12.0 Å². The maximum absolute atomic E-state index is 13.9. The number of imidazole rings is 1. The Hall–Kier alpha value is -6.22. The first-order valence-electron chi connectivity index (χ1n) is 17.2. The molecule has 9 nitrogen and oxygen atoms in total. The molecule has 2 aromatic heterocycles. The molecule has 7 rings (SSSR count). The van der Waals surface area contributed by atoms with Crippen molar-refractivity contribution in [2.75, 3.05) is 5.32 Å². The van der Waals surface area contributed by atoms with Gasteiger partial charge in [0.1, 0.15) is 18.1 Å². The Kier molecular flexibility index (Phi) is 9.87. The molecule has 0 aliphatic heterocycles. The van der Waals surface area contributed by atoms with Gasteiger partial charge in [0.25, 0.3) is 5.91 Å². The molecule has 4 aromatic carbocycles. The highest BCUT2D eigenvalue weighted by molar-refractivity contribution is 6.03. The van der Waals surface area contributed by atoms with Crippen LogP contribution in [0.5, 0.6) is 0 Å². The van der Waals surface area contributed by atoms with Gasteiger partial charge < -0.3 is 24.7 Å². The minimum Gasteiger partial charge on any atom is -0.478 e. The van der Waals surface area contributed by atoms with Crippen molar-refractivity contribution in [3.8, 4) is 22.5 Å². The number of nitrogens with one attached hydrogen (secondary N) is 2. The predicted octanol–water partition coefficient (Wildman–Crippen LogP) is 8.55. The minimum atomic E-state index is -1.04. The number of amides is 2. The van der Waals surface area contributed by atoms with E-state index in [0.717, 1.165) is 52.5 Å². The molecule has 0 spiro atoms. The number of nitrogens with zero attached hydrogens (tertiary/aromatic N) is 2. The van der Waals surface area contributed by atoms with Crippen molar-refractivity contribution in [1.82, 2.24) is 14.9 Å². The third kappa shape index (κ3) is 7.83. The summed E-state index contributed by atoms with van der Waals surface area (Å²) in [6.07, 6.45) is 11.8. The molecule has 6 aromatic rings. The average Bonchev–Trinajstić information content (AvgIpc) is 3.84. The number of anilines is 1. The second-order valence-corrected chi connectivity index (χ2v) is 12.9. The van der Waals surface area contributed by atoms with Crippen LogP contribution in [0.1, 0.15) is 59.6 Å². The minimum absolute atomic E-state index is 0.259. The third-order valence-corrected chi connectivity index (χ3v) is 9.39. The Labute approximate surface area is 295 Å². The van der Waals surface area contributed by atoms with Crippen molar-refractivity contribution in [1.29, 1.82) is 0 Å². The summed E-state index contributed by atoms with van der Waals surface area (Å²) in [6, 6.07) is 31.7. The predicted molar refractivity (Wildman–Crippen MR) is 198 cm³/mol. The van der Waals surface area contributed by atoms with Crippen LogP contribution in [-0.2, 0) is 16.0 Å². The largest absolute Gasteiger partial charge is 0.478 e. The van der Waals surface area contributed by atoms with Crippen molar-refractivity contribution < 1.29 is 23.9 Å². The summed E-state index contributed by atoms with van der Waals surface area (Å²) in [7, 11) is 0. The quantitative estimate of drug-likeness (QED) is 0.118. The van der Waals surface area contributed by atoms with Crippen molar-refractivity contribution in [3.63, 3.8) is 0 Å². The number of furan rings is 1. The molecule has 2 amide bonds. The van der Waals surface area contributed by atoms with Crippen LogP contribution in [0.3, 0.4) is 0 Å². The topological polar surface area (TPSA) is 126 Å². The molecule has 0 bridgehead atoms. The zero-order valence-electron chi connectivity index (χ0n) is 28.0. The van der Waals surface area contributed by atoms with Gasteiger partial charge in [0.15, 0.2) is 0 Å². The number of hydrogen-bond donors (Lipinski definition) is 3. The molecule has 1 saturated carbocycles. The maximum atomic E-state index is 13.9. The molecule has 51 heavy (non-hydrogen) atoms. The Morgan fingerprint density at radius 1 is 0.863 bits per heavy atom. The van der Waals surface area contributed by atoms with E-state index in [1.807, 2.05) is 66.7 Å². The molecule has 1 fully saturated rings. The second-order valence-electron chi connectivity index (χ2n) is 12.9. The fourth-order valence-electron chi connectivity index (χ4n) is 6.77. The number of benzene rings is 4. The van der Waals surface area contributed by atoms with Gasteiger partial charge in [0, 0.05) is 29.8 Å². The maximum Gasteiger partial charge on any atom is 0.328 e. The van der Waals surface area contributed by atoms with Crippen LogP contribution in [0.15, 0.2) is 126 Å². The SMILES string of the molecule is O=C(O)/C=C/c1ccc(NC(=O)[C@H](Cc2ccc(-c3ccccc3)cc2)NC(=O)c2ccc3c(c2)nc(-c2ccoc2)n3C2CCCCC2)cc1. The number of fused-ring (bicyclic) bond motifs is 1. The summed E-state index contributed by atoms with van der Waals surface area (Å²) < 4.78 is 7.69. The number of aromatic nitrogens is 2. The van der Waals surface area contributed by atoms with E-state index >= 15 is 0 Å². The van der Waals surface area contributed by atoms with Crippen LogP contribution in [0.2, 0.25) is 0 Å². The standard InChI is InChI=1S/C42H38N4O5/c47-39(48)22-15-28-13-19-34(20-14-28)43-42(50)37(25-29-11-16-31(17-12-29)30-7-3-1-4-8-30)45-41(49)32-18-21-38-36(26-32)44-40(33-23-24-51-27-33)46(38)35-9-5-2-6-10-35/h1,3-4,7-8,11-24,26-27,35,37H,2,5-6,9-10,25H2,(H,43,50)(H,45,49)(H,47,48)/b22-15+/t37-/m0/s1. The third-order valence-electron chi connectivity index (χ3n) is 9.39. The van der Waals surface area contributed by atoms with Gasteiger partial charge in [0.05, 0.1) is 22.9 Å². The van der Waals surface area contributed by atoms with Gasteiger partial charge in [-0.05, 0) is 77.6 Å². The molecule has 1 atom stereocenters. The first-order valence-corrected chi connectivity index (χ1v) is 17.2. The lowest BCUT2D eigenvalue weighted by Gasteiger charge is -2.25. The highest BCUT2D eigenvalue weighted by Gasteiger charge is 2.26. The molecule has 3 N–H and O–H groups in total. The normalized spacial score (nSPS) is 14.0. The van der Waals surface area contributed by atoms with Gasteiger partial charge >= 0.3 is 5.97 Å². The van der Waals surface area contributed by atoms with E-state index in [4.69, 9.17) is 14.5 Å². The second kappa shape index (κ2) is 15.1. The number of carboxylic acids is 1. The average molecular weight is 679 g/mol. The van der Waals surface area contributed by atoms with Gasteiger partial charge in [-0.3, -0.25) is 9.59 Å². The van der Waals surface area contributed by atoms with Crippen LogP contribution in [0.4, 0.5) is 5.69 Å². The zero-order chi connectivity index (χ0) is 35.2. The fourth-order valence-corrected chi connectivity index (χ4v) is 6.77. The smallest absolute Gasteiger partial charge is 0.328 e. The number of carboxylic acid groups (broad SMARTS) is 1. The molecular formula is C42H38N4O5.